The second-order valence-electron chi connectivity index (χ2n) is 4.68. The average Bonchev–Trinajstić information content (AvgIpc) is 2.49. The van der Waals surface area contributed by atoms with Crippen LogP contribution in [0.5, 0.6) is 0 Å². The molecule has 0 aliphatic carbocycles. The Labute approximate surface area is 125 Å². The molecule has 2 rings (SSSR count). The Hall–Kier alpha value is -2.24. The molecular formula is C15H22N6. The number of rotatable bonds is 6. The molecule has 0 unspecified atom stereocenters. The zero-order valence-corrected chi connectivity index (χ0v) is 13.1. The van der Waals surface area contributed by atoms with Gasteiger partial charge in [0.1, 0.15) is 0 Å². The van der Waals surface area contributed by atoms with Gasteiger partial charge in [-0.05, 0) is 39.3 Å². The number of pyridine rings is 1. The van der Waals surface area contributed by atoms with Crippen LogP contribution in [0.2, 0.25) is 0 Å². The maximum atomic E-state index is 4.62. The molecule has 6 heteroatoms. The Morgan fingerprint density at radius 2 is 1.86 bits per heavy atom. The summed E-state index contributed by atoms with van der Waals surface area (Å²) in [6.45, 7) is 10.7. The molecule has 6 nitrogen and oxygen atoms in total. The number of nitrogens with one attached hydrogen (secondary N) is 1. The molecule has 2 aromatic rings. The van der Waals surface area contributed by atoms with Gasteiger partial charge in [-0.15, -0.1) is 0 Å². The fourth-order valence-corrected chi connectivity index (χ4v) is 2.09. The van der Waals surface area contributed by atoms with Crippen molar-refractivity contribution in [1.29, 1.82) is 0 Å². The molecule has 1 N–H and O–H groups in total. The molecule has 0 amide bonds. The van der Waals surface area contributed by atoms with Gasteiger partial charge < -0.3 is 10.2 Å². The van der Waals surface area contributed by atoms with Crippen LogP contribution in [0.25, 0.3) is 11.4 Å². The Morgan fingerprint density at radius 3 is 2.48 bits per heavy atom. The molecule has 0 aromatic carbocycles. The van der Waals surface area contributed by atoms with Crippen molar-refractivity contribution in [3.05, 3.63) is 24.0 Å². The van der Waals surface area contributed by atoms with Crippen molar-refractivity contribution in [2.75, 3.05) is 29.9 Å². The predicted octanol–water partition coefficient (Wildman–Crippen LogP) is 2.52. The fraction of sp³-hybridized carbons (Fsp3) is 0.467. The summed E-state index contributed by atoms with van der Waals surface area (Å²) >= 11 is 0. The number of aryl methyl sites for hydroxylation is 1. The van der Waals surface area contributed by atoms with E-state index in [0.29, 0.717) is 17.7 Å². The molecule has 21 heavy (non-hydrogen) atoms. The van der Waals surface area contributed by atoms with E-state index in [1.54, 1.807) is 6.20 Å². The van der Waals surface area contributed by atoms with Gasteiger partial charge in [0.15, 0.2) is 5.82 Å². The third-order valence-corrected chi connectivity index (χ3v) is 3.27. The van der Waals surface area contributed by atoms with Crippen molar-refractivity contribution in [2.24, 2.45) is 0 Å². The summed E-state index contributed by atoms with van der Waals surface area (Å²) in [6, 6.07) is 1.94. The quantitative estimate of drug-likeness (QED) is 0.880. The zero-order valence-electron chi connectivity index (χ0n) is 13.1. The first-order valence-corrected chi connectivity index (χ1v) is 7.35. The lowest BCUT2D eigenvalue weighted by atomic mass is 10.1. The van der Waals surface area contributed by atoms with E-state index in [4.69, 9.17) is 0 Å². The first-order valence-electron chi connectivity index (χ1n) is 7.35. The van der Waals surface area contributed by atoms with E-state index < -0.39 is 0 Å². The van der Waals surface area contributed by atoms with Crippen LogP contribution in [0.1, 0.15) is 26.3 Å². The lowest BCUT2D eigenvalue weighted by Gasteiger charge is -2.19. The van der Waals surface area contributed by atoms with Gasteiger partial charge in [0, 0.05) is 37.6 Å². The van der Waals surface area contributed by atoms with Crippen LogP contribution < -0.4 is 10.2 Å². The summed E-state index contributed by atoms with van der Waals surface area (Å²) in [5.74, 6) is 2.00. The number of nitrogens with zero attached hydrogens (tertiary/aromatic N) is 5. The van der Waals surface area contributed by atoms with Crippen molar-refractivity contribution in [1.82, 2.24) is 19.9 Å². The molecule has 2 heterocycles. The van der Waals surface area contributed by atoms with E-state index in [1.165, 1.54) is 0 Å². The number of hydrogen-bond acceptors (Lipinski definition) is 6. The highest BCUT2D eigenvalue weighted by atomic mass is 15.3. The van der Waals surface area contributed by atoms with Gasteiger partial charge in [-0.25, -0.2) is 0 Å². The number of hydrogen-bond donors (Lipinski definition) is 1. The standard InChI is InChI=1S/C15H22N6/c1-5-17-14-18-13(12-8-9-16-10-11(12)4)19-15(20-14)21(6-2)7-3/h8-10H,5-7H2,1-4H3,(H,17,18,19,20). The molecule has 0 aliphatic heterocycles. The van der Waals surface area contributed by atoms with Crippen LogP contribution in [0, 0.1) is 6.92 Å². The van der Waals surface area contributed by atoms with Gasteiger partial charge >= 0.3 is 0 Å². The van der Waals surface area contributed by atoms with E-state index in [-0.39, 0.29) is 0 Å². The monoisotopic (exact) mass is 286 g/mol. The lowest BCUT2D eigenvalue weighted by molar-refractivity contribution is 0.813. The maximum Gasteiger partial charge on any atom is 0.230 e. The van der Waals surface area contributed by atoms with Crippen LogP contribution in [-0.2, 0) is 0 Å². The van der Waals surface area contributed by atoms with Crippen LogP contribution in [0.3, 0.4) is 0 Å². The maximum absolute atomic E-state index is 4.62. The molecular weight excluding hydrogens is 264 g/mol. The largest absolute Gasteiger partial charge is 0.354 e. The summed E-state index contributed by atoms with van der Waals surface area (Å²) in [7, 11) is 0. The number of anilines is 2. The topological polar surface area (TPSA) is 66.8 Å². The summed E-state index contributed by atoms with van der Waals surface area (Å²) in [4.78, 5) is 19.9. The van der Waals surface area contributed by atoms with Crippen molar-refractivity contribution < 1.29 is 0 Å². The summed E-state index contributed by atoms with van der Waals surface area (Å²) < 4.78 is 0. The van der Waals surface area contributed by atoms with E-state index in [0.717, 1.165) is 30.8 Å². The third kappa shape index (κ3) is 3.45. The second kappa shape index (κ2) is 6.97. The highest BCUT2D eigenvalue weighted by molar-refractivity contribution is 5.61. The highest BCUT2D eigenvalue weighted by Crippen LogP contribution is 2.22. The van der Waals surface area contributed by atoms with Crippen molar-refractivity contribution in [3.8, 4) is 11.4 Å². The Morgan fingerprint density at radius 1 is 1.10 bits per heavy atom. The minimum absolute atomic E-state index is 0.612. The van der Waals surface area contributed by atoms with Crippen LogP contribution in [-0.4, -0.2) is 39.6 Å². The lowest BCUT2D eigenvalue weighted by Crippen LogP contribution is -2.25. The molecule has 112 valence electrons. The van der Waals surface area contributed by atoms with Crippen LogP contribution >= 0.6 is 0 Å². The molecule has 0 saturated carbocycles. The van der Waals surface area contributed by atoms with E-state index in [9.17, 15) is 0 Å². The van der Waals surface area contributed by atoms with Gasteiger partial charge in [-0.1, -0.05) is 0 Å². The predicted molar refractivity (Wildman–Crippen MR) is 85.5 cm³/mol. The third-order valence-electron chi connectivity index (χ3n) is 3.27. The van der Waals surface area contributed by atoms with Crippen molar-refractivity contribution >= 4 is 11.9 Å². The first kappa shape index (κ1) is 15.2. The molecule has 0 spiro atoms. The Balaban J connectivity index is 2.52. The van der Waals surface area contributed by atoms with Crippen molar-refractivity contribution in [3.63, 3.8) is 0 Å². The van der Waals surface area contributed by atoms with Crippen LogP contribution in [0.4, 0.5) is 11.9 Å². The molecule has 0 atom stereocenters. The van der Waals surface area contributed by atoms with Crippen LogP contribution in [0.15, 0.2) is 18.5 Å². The second-order valence-corrected chi connectivity index (χ2v) is 4.68. The van der Waals surface area contributed by atoms with Gasteiger partial charge in [0.05, 0.1) is 0 Å². The minimum atomic E-state index is 0.612. The molecule has 0 aliphatic rings. The van der Waals surface area contributed by atoms with Gasteiger partial charge in [0.2, 0.25) is 11.9 Å². The molecule has 0 saturated heterocycles. The molecule has 0 fully saturated rings. The Bertz CT molecular complexity index is 594. The summed E-state index contributed by atoms with van der Waals surface area (Å²) in [5.41, 5.74) is 2.04. The van der Waals surface area contributed by atoms with Gasteiger partial charge in [-0.2, -0.15) is 15.0 Å². The molecule has 0 bridgehead atoms. The first-order chi connectivity index (χ1) is 10.2. The Kier molecular flexibility index (Phi) is 5.03. The average molecular weight is 286 g/mol. The van der Waals surface area contributed by atoms with Gasteiger partial charge in [-0.3, -0.25) is 4.98 Å². The van der Waals surface area contributed by atoms with Gasteiger partial charge in [0.25, 0.3) is 0 Å². The summed E-state index contributed by atoms with van der Waals surface area (Å²) in [6.07, 6.45) is 3.58. The zero-order chi connectivity index (χ0) is 15.2. The minimum Gasteiger partial charge on any atom is -0.354 e. The van der Waals surface area contributed by atoms with E-state index >= 15 is 0 Å². The smallest absolute Gasteiger partial charge is 0.230 e. The van der Waals surface area contributed by atoms with Crippen molar-refractivity contribution in [2.45, 2.75) is 27.7 Å². The molecule has 2 aromatic heterocycles. The number of aromatic nitrogens is 4. The van der Waals surface area contributed by atoms with E-state index in [1.807, 2.05) is 26.1 Å². The normalized spacial score (nSPS) is 10.5. The SMILES string of the molecule is CCNc1nc(-c2ccncc2C)nc(N(CC)CC)n1. The van der Waals surface area contributed by atoms with E-state index in [2.05, 4.69) is 44.0 Å². The molecule has 0 radical (unpaired) electrons. The highest BCUT2D eigenvalue weighted by Gasteiger charge is 2.13. The fourth-order valence-electron chi connectivity index (χ4n) is 2.09. The summed E-state index contributed by atoms with van der Waals surface area (Å²) in [5, 5.41) is 3.18.